The minimum Gasteiger partial charge on any atom is -0.434 e. The first kappa shape index (κ1) is 25.6. The largest absolute Gasteiger partial charge is 0.513 e. The third-order valence-corrected chi connectivity index (χ3v) is 6.63. The number of aryl methyl sites for hydroxylation is 2. The van der Waals surface area contributed by atoms with Gasteiger partial charge in [-0.25, -0.2) is 9.59 Å². The summed E-state index contributed by atoms with van der Waals surface area (Å²) in [6.07, 6.45) is 0.0384. The number of quaternary nitrogens is 1. The minimum atomic E-state index is -0.943. The van der Waals surface area contributed by atoms with E-state index < -0.39 is 11.7 Å². The zero-order chi connectivity index (χ0) is 24.2. The number of hydrogen-bond donors (Lipinski definition) is 1. The Bertz CT molecular complexity index is 926. The van der Waals surface area contributed by atoms with E-state index in [1.54, 1.807) is 26.2 Å². The molecule has 1 aromatic carbocycles. The molecule has 1 atom stereocenters. The van der Waals surface area contributed by atoms with Gasteiger partial charge in [0.15, 0.2) is 11.3 Å². The van der Waals surface area contributed by atoms with Crippen LogP contribution in [0.3, 0.4) is 0 Å². The Morgan fingerprint density at radius 1 is 1.15 bits per heavy atom. The summed E-state index contributed by atoms with van der Waals surface area (Å²) in [5.74, 6) is -0.114. The van der Waals surface area contributed by atoms with Gasteiger partial charge >= 0.3 is 12.1 Å². The minimum absolute atomic E-state index is 0.144. The third kappa shape index (κ3) is 4.94. The van der Waals surface area contributed by atoms with Crippen LogP contribution in [0, 0.1) is 13.8 Å². The zero-order valence-electron chi connectivity index (χ0n) is 19.8. The highest BCUT2D eigenvalue weighted by Gasteiger charge is 2.62. The molecule has 182 valence electrons. The van der Waals surface area contributed by atoms with Crippen molar-refractivity contribution in [2.75, 3.05) is 47.1 Å². The van der Waals surface area contributed by atoms with Crippen molar-refractivity contribution < 1.29 is 38.5 Å². The summed E-state index contributed by atoms with van der Waals surface area (Å²) in [5, 5.41) is 2.47. The summed E-state index contributed by atoms with van der Waals surface area (Å²) in [5.41, 5.74) is 1.44. The lowest BCUT2D eigenvalue weighted by atomic mass is 9.85. The summed E-state index contributed by atoms with van der Waals surface area (Å²) >= 11 is 6.70. The van der Waals surface area contributed by atoms with Gasteiger partial charge in [0.2, 0.25) is 0 Å². The van der Waals surface area contributed by atoms with E-state index in [1.165, 1.54) is 0 Å². The molecule has 1 unspecified atom stereocenters. The number of benzene rings is 1. The smallest absolute Gasteiger partial charge is 0.434 e. The number of nitrogens with zero attached hydrogens (tertiary/aromatic N) is 1. The molecule has 0 aromatic heterocycles. The molecule has 0 bridgehead atoms. The standard InChI is InChI=1S/C23H31ClN2O7/c1-6-31-22(28)33-20-18(17-15(2)7-8-16(3)19(17)24)21(27)26(32-14-13-29-4)23(20)9-11-25(30-5)12-10-23/h7-8H,6,9-14H2,1-5H3/p+1. The lowest BCUT2D eigenvalue weighted by Gasteiger charge is -2.39. The number of hydroxylamine groups is 4. The van der Waals surface area contributed by atoms with Crippen LogP contribution in [0.25, 0.3) is 5.57 Å². The number of carbonyl (C=O) groups excluding carboxylic acids is 2. The van der Waals surface area contributed by atoms with E-state index in [2.05, 4.69) is 0 Å². The SMILES string of the molecule is CCOC(=O)OC1=C(c2c(C)ccc(C)c2Cl)C(=O)[NH+](OCCOC)C12CCN(OC)CC2. The second kappa shape index (κ2) is 10.9. The number of methoxy groups -OCH3 is 1. The fraction of sp³-hybridized carbons (Fsp3) is 0.565. The molecule has 0 saturated carbocycles. The molecule has 1 saturated heterocycles. The van der Waals surface area contributed by atoms with Gasteiger partial charge in [-0.15, -0.1) is 5.06 Å². The summed E-state index contributed by atoms with van der Waals surface area (Å²) in [4.78, 5) is 37.8. The number of carbonyl (C=O) groups is 2. The maximum atomic E-state index is 13.9. The molecule has 33 heavy (non-hydrogen) atoms. The van der Waals surface area contributed by atoms with Crippen molar-refractivity contribution in [3.8, 4) is 0 Å². The Kier molecular flexibility index (Phi) is 8.49. The average Bonchev–Trinajstić information content (AvgIpc) is 3.00. The number of halogens is 1. The van der Waals surface area contributed by atoms with Crippen LogP contribution in [0.5, 0.6) is 0 Å². The Balaban J connectivity index is 2.19. The molecular weight excluding hydrogens is 452 g/mol. The first-order valence-electron chi connectivity index (χ1n) is 11.0. The molecule has 0 radical (unpaired) electrons. The quantitative estimate of drug-likeness (QED) is 0.445. The van der Waals surface area contributed by atoms with Crippen molar-refractivity contribution in [3.63, 3.8) is 0 Å². The van der Waals surface area contributed by atoms with Crippen LogP contribution >= 0.6 is 11.6 Å². The molecule has 0 aliphatic carbocycles. The van der Waals surface area contributed by atoms with E-state index in [0.717, 1.165) is 11.1 Å². The van der Waals surface area contributed by atoms with E-state index in [9.17, 15) is 9.59 Å². The van der Waals surface area contributed by atoms with Gasteiger partial charge in [0, 0.05) is 38.6 Å². The molecular formula is C23H32ClN2O7+. The van der Waals surface area contributed by atoms with Crippen molar-refractivity contribution in [2.24, 2.45) is 0 Å². The molecule has 1 N–H and O–H groups in total. The number of rotatable bonds is 8. The Morgan fingerprint density at radius 2 is 1.82 bits per heavy atom. The Labute approximate surface area is 199 Å². The number of nitrogens with one attached hydrogen (secondary N) is 1. The predicted octanol–water partition coefficient (Wildman–Crippen LogP) is 2.24. The highest BCUT2D eigenvalue weighted by atomic mass is 35.5. The fourth-order valence-electron chi connectivity index (χ4n) is 4.40. The summed E-state index contributed by atoms with van der Waals surface area (Å²) < 4.78 is 16.0. The van der Waals surface area contributed by atoms with Crippen molar-refractivity contribution >= 4 is 29.2 Å². The van der Waals surface area contributed by atoms with Crippen LogP contribution in [0.4, 0.5) is 4.79 Å². The van der Waals surface area contributed by atoms with Crippen LogP contribution in [0.1, 0.15) is 36.5 Å². The topological polar surface area (TPSA) is 88.0 Å². The summed E-state index contributed by atoms with van der Waals surface area (Å²) in [7, 11) is 3.16. The monoisotopic (exact) mass is 483 g/mol. The zero-order valence-corrected chi connectivity index (χ0v) is 20.5. The Morgan fingerprint density at radius 3 is 2.42 bits per heavy atom. The van der Waals surface area contributed by atoms with Crippen molar-refractivity contribution in [1.29, 1.82) is 0 Å². The van der Waals surface area contributed by atoms with Crippen LogP contribution in [-0.2, 0) is 28.7 Å². The summed E-state index contributed by atoms with van der Waals surface area (Å²) in [6, 6.07) is 3.78. The number of ether oxygens (including phenoxy) is 3. The average molecular weight is 484 g/mol. The van der Waals surface area contributed by atoms with Crippen molar-refractivity contribution in [2.45, 2.75) is 39.2 Å². The number of amides is 1. The molecule has 1 aromatic rings. The normalized spacial score (nSPS) is 20.5. The van der Waals surface area contributed by atoms with Gasteiger partial charge in [-0.3, -0.25) is 0 Å². The lowest BCUT2D eigenvalue weighted by Crippen LogP contribution is -3.20. The lowest BCUT2D eigenvalue weighted by molar-refractivity contribution is -1.06. The number of piperidine rings is 1. The van der Waals surface area contributed by atoms with Crippen molar-refractivity contribution in [3.05, 3.63) is 39.6 Å². The highest BCUT2D eigenvalue weighted by Crippen LogP contribution is 2.41. The van der Waals surface area contributed by atoms with Crippen LogP contribution < -0.4 is 5.06 Å². The van der Waals surface area contributed by atoms with Crippen molar-refractivity contribution in [1.82, 2.24) is 5.06 Å². The second-order valence-corrected chi connectivity index (χ2v) is 8.45. The molecule has 1 fully saturated rings. The van der Waals surface area contributed by atoms with E-state index in [0.29, 0.717) is 43.1 Å². The second-order valence-electron chi connectivity index (χ2n) is 8.07. The molecule has 9 nitrogen and oxygen atoms in total. The van der Waals surface area contributed by atoms with Crippen LogP contribution in [0.15, 0.2) is 17.9 Å². The highest BCUT2D eigenvalue weighted by molar-refractivity contribution is 6.35. The molecule has 2 heterocycles. The van der Waals surface area contributed by atoms with E-state index >= 15 is 0 Å². The van der Waals surface area contributed by atoms with Gasteiger partial charge in [-0.1, -0.05) is 23.7 Å². The molecule has 2 aliphatic rings. The molecule has 2 aliphatic heterocycles. The van der Waals surface area contributed by atoms with Gasteiger partial charge in [0.05, 0.1) is 25.3 Å². The maximum Gasteiger partial charge on any atom is 0.513 e. The van der Waals surface area contributed by atoms with Gasteiger partial charge in [0.1, 0.15) is 12.2 Å². The van der Waals surface area contributed by atoms with E-state index in [-0.39, 0.29) is 35.5 Å². The third-order valence-electron chi connectivity index (χ3n) is 6.14. The summed E-state index contributed by atoms with van der Waals surface area (Å²) in [6.45, 7) is 7.10. The fourth-order valence-corrected chi connectivity index (χ4v) is 4.71. The van der Waals surface area contributed by atoms with Gasteiger partial charge in [-0.2, -0.15) is 9.90 Å². The van der Waals surface area contributed by atoms with E-state index in [1.807, 2.05) is 26.0 Å². The molecule has 10 heteroatoms. The van der Waals surface area contributed by atoms with Gasteiger partial charge < -0.3 is 19.0 Å². The Hall–Kier alpha value is -2.01. The molecule has 1 spiro atoms. The number of hydrogen-bond acceptors (Lipinski definition) is 8. The maximum absolute atomic E-state index is 13.9. The van der Waals surface area contributed by atoms with Gasteiger partial charge in [0.25, 0.3) is 0 Å². The van der Waals surface area contributed by atoms with E-state index in [4.69, 9.17) is 35.5 Å². The first-order valence-corrected chi connectivity index (χ1v) is 11.4. The molecule has 3 rings (SSSR count). The first-order chi connectivity index (χ1) is 15.8. The molecule has 1 amide bonds. The van der Waals surface area contributed by atoms with Gasteiger partial charge in [-0.05, 0) is 31.9 Å². The predicted molar refractivity (Wildman–Crippen MR) is 120 cm³/mol. The van der Waals surface area contributed by atoms with Crippen LogP contribution in [0.2, 0.25) is 5.02 Å². The van der Waals surface area contributed by atoms with Crippen LogP contribution in [-0.4, -0.2) is 69.8 Å².